The lowest BCUT2D eigenvalue weighted by atomic mass is 9.95. The van der Waals surface area contributed by atoms with Gasteiger partial charge in [-0.1, -0.05) is 24.3 Å². The van der Waals surface area contributed by atoms with Crippen LogP contribution in [0.25, 0.3) is 0 Å². The van der Waals surface area contributed by atoms with Crippen molar-refractivity contribution in [3.8, 4) is 0 Å². The lowest BCUT2D eigenvalue weighted by molar-refractivity contribution is -0.938. The van der Waals surface area contributed by atoms with Gasteiger partial charge in [-0.15, -0.1) is 45.3 Å². The van der Waals surface area contributed by atoms with Crippen LogP contribution in [-0.4, -0.2) is 120 Å². The molecule has 0 saturated carbocycles. The maximum Gasteiger partial charge on any atom is 0.349 e. The number of rotatable bonds is 8. The predicted octanol–water partition coefficient (Wildman–Crippen LogP) is 4.69. The SMILES string of the molecule is C[N+]1(C)[C@@H]2CC(OC(=O)C(O)(c3cccs3)c3cccs3)C[C@H]1[C@@H]1O[C@@H]12.C[N+]1(C)[C@@H]2CC(OC(=O)C(O)(c3cccs3)c3cccs3)C[C@H]1[C@@H]1O[C@@H]12. The number of morpholine rings is 2. The van der Waals surface area contributed by atoms with Gasteiger partial charge in [0.1, 0.15) is 60.8 Å². The average molecular weight is 785 g/mol. The van der Waals surface area contributed by atoms with Crippen LogP contribution in [-0.2, 0) is 39.7 Å². The summed E-state index contributed by atoms with van der Waals surface area (Å²) >= 11 is 5.49. The van der Waals surface area contributed by atoms with E-state index >= 15 is 0 Å². The summed E-state index contributed by atoms with van der Waals surface area (Å²) in [6.07, 6.45) is 4.10. The molecule has 52 heavy (non-hydrogen) atoms. The van der Waals surface area contributed by atoms with Crippen molar-refractivity contribution in [2.45, 2.75) is 97.7 Å². The van der Waals surface area contributed by atoms with Gasteiger partial charge in [-0.2, -0.15) is 0 Å². The largest absolute Gasteiger partial charge is 0.459 e. The van der Waals surface area contributed by atoms with Gasteiger partial charge >= 0.3 is 11.9 Å². The molecule has 14 heteroatoms. The maximum absolute atomic E-state index is 13.1. The van der Waals surface area contributed by atoms with Crippen molar-refractivity contribution in [1.82, 2.24) is 0 Å². The molecule has 0 radical (unpaired) electrons. The smallest absolute Gasteiger partial charge is 0.349 e. The van der Waals surface area contributed by atoms with Crippen LogP contribution in [0.4, 0.5) is 0 Å². The average Bonchev–Trinajstić information content (AvgIpc) is 3.57. The Hall–Kier alpha value is -2.50. The fourth-order valence-corrected chi connectivity index (χ4v) is 13.1. The summed E-state index contributed by atoms with van der Waals surface area (Å²) in [5, 5.41) is 30.2. The Kier molecular flexibility index (Phi) is 8.48. The predicted molar refractivity (Wildman–Crippen MR) is 198 cm³/mol. The first-order valence-electron chi connectivity index (χ1n) is 17.8. The highest BCUT2D eigenvalue weighted by Crippen LogP contribution is 2.53. The zero-order valence-corrected chi connectivity index (χ0v) is 32.7. The summed E-state index contributed by atoms with van der Waals surface area (Å²) in [5.41, 5.74) is -3.44. The van der Waals surface area contributed by atoms with E-state index in [1.165, 1.54) is 45.3 Å². The molecule has 6 saturated heterocycles. The van der Waals surface area contributed by atoms with Crippen molar-refractivity contribution in [2.24, 2.45) is 0 Å². The van der Waals surface area contributed by atoms with E-state index in [4.69, 9.17) is 18.9 Å². The molecule has 10 heterocycles. The van der Waals surface area contributed by atoms with Crippen molar-refractivity contribution >= 4 is 57.3 Å². The highest BCUT2D eigenvalue weighted by molar-refractivity contribution is 7.12. The normalized spacial score (nSPS) is 34.3. The van der Waals surface area contributed by atoms with E-state index in [-0.39, 0.29) is 12.2 Å². The number of aliphatic hydroxyl groups is 2. The number of esters is 2. The Morgan fingerprint density at radius 2 is 0.846 bits per heavy atom. The molecule has 276 valence electrons. The number of hydrogen-bond acceptors (Lipinski definition) is 12. The number of fused-ring (bicyclic) bond motifs is 10. The van der Waals surface area contributed by atoms with Gasteiger partial charge in [0, 0.05) is 25.7 Å². The minimum atomic E-state index is -1.72. The van der Waals surface area contributed by atoms with Crippen molar-refractivity contribution in [1.29, 1.82) is 0 Å². The van der Waals surface area contributed by atoms with Gasteiger partial charge in [0.25, 0.3) is 0 Å². The maximum atomic E-state index is 13.1. The molecule has 6 aliphatic rings. The van der Waals surface area contributed by atoms with Crippen LogP contribution < -0.4 is 0 Å². The Morgan fingerprint density at radius 3 is 1.08 bits per heavy atom. The van der Waals surface area contributed by atoms with E-state index in [0.29, 0.717) is 68.1 Å². The molecule has 0 aliphatic carbocycles. The van der Waals surface area contributed by atoms with E-state index in [1.807, 2.05) is 45.8 Å². The third kappa shape index (κ3) is 5.43. The molecule has 10 atom stereocenters. The number of quaternary nitrogens is 2. The van der Waals surface area contributed by atoms with Crippen molar-refractivity contribution in [2.75, 3.05) is 28.2 Å². The number of carbonyl (C=O) groups excluding carboxylic acids is 2. The van der Waals surface area contributed by atoms with Crippen molar-refractivity contribution in [3.63, 3.8) is 0 Å². The van der Waals surface area contributed by atoms with Crippen LogP contribution >= 0.6 is 45.3 Å². The minimum absolute atomic E-state index is 0.161. The molecule has 4 aromatic heterocycles. The molecule has 10 nitrogen and oxygen atoms in total. The zero-order chi connectivity index (χ0) is 36.2. The lowest BCUT2D eigenvalue weighted by Crippen LogP contribution is -2.60. The summed E-state index contributed by atoms with van der Waals surface area (Å²) in [6, 6.07) is 16.0. The second kappa shape index (κ2) is 12.5. The molecule has 4 aromatic rings. The number of nitrogens with zero attached hydrogens (tertiary/aromatic N) is 2. The lowest BCUT2D eigenvalue weighted by Gasteiger charge is -2.45. The topological polar surface area (TPSA) is 118 Å². The quantitative estimate of drug-likeness (QED) is 0.150. The van der Waals surface area contributed by atoms with E-state index in [2.05, 4.69) is 28.2 Å². The van der Waals surface area contributed by atoms with Gasteiger partial charge in [0.2, 0.25) is 11.2 Å². The number of carbonyl (C=O) groups is 2. The highest BCUT2D eigenvalue weighted by Gasteiger charge is 2.72. The third-order valence-corrected chi connectivity index (χ3v) is 16.6. The Labute approximate surface area is 318 Å². The van der Waals surface area contributed by atoms with Gasteiger partial charge in [-0.25, -0.2) is 9.59 Å². The van der Waals surface area contributed by atoms with Crippen molar-refractivity contribution < 1.29 is 47.7 Å². The fourth-order valence-electron chi connectivity index (χ4n) is 9.66. The molecule has 6 aliphatic heterocycles. The van der Waals surface area contributed by atoms with Gasteiger partial charge in [0.05, 0.1) is 47.7 Å². The second-order valence-corrected chi connectivity index (χ2v) is 19.8. The number of ether oxygens (including phenoxy) is 4. The van der Waals surface area contributed by atoms with Crippen LogP contribution in [0.2, 0.25) is 0 Å². The molecule has 0 spiro atoms. The number of epoxide rings is 2. The van der Waals surface area contributed by atoms with Gasteiger partial charge in [-0.05, 0) is 45.8 Å². The molecule has 2 unspecified atom stereocenters. The van der Waals surface area contributed by atoms with Crippen molar-refractivity contribution in [3.05, 3.63) is 89.6 Å². The number of hydrogen-bond donors (Lipinski definition) is 2. The van der Waals surface area contributed by atoms with E-state index < -0.39 is 23.1 Å². The monoisotopic (exact) mass is 784 g/mol. The molecule has 0 amide bonds. The molecule has 6 fully saturated rings. The molecule has 4 bridgehead atoms. The van der Waals surface area contributed by atoms with Crippen LogP contribution in [0, 0.1) is 0 Å². The summed E-state index contributed by atoms with van der Waals surface area (Å²) in [4.78, 5) is 28.7. The van der Waals surface area contributed by atoms with E-state index in [0.717, 1.165) is 34.6 Å². The van der Waals surface area contributed by atoms with E-state index in [1.54, 1.807) is 24.3 Å². The molecule has 0 aromatic carbocycles. The van der Waals surface area contributed by atoms with Gasteiger partial charge in [-0.3, -0.25) is 0 Å². The summed E-state index contributed by atoms with van der Waals surface area (Å²) in [6.45, 7) is 0. The molecular formula is C38H44N2O8S4+2. The standard InChI is InChI=1S/2C19H22NO4S2/c2*1-20(2)12-9-11(10-13(20)17-16(12)24-17)23-18(21)19(22,14-5-3-7-25-14)15-6-4-8-26-15/h2*3-8,11-13,16-17,22H,9-10H2,1-2H3/q2*+1/t2*11?,12-,13+,16-,17+. The molecule has 10 rings (SSSR count). The number of thiophene rings is 4. The second-order valence-electron chi connectivity index (χ2n) is 16.0. The van der Waals surface area contributed by atoms with Crippen LogP contribution in [0.5, 0.6) is 0 Å². The summed E-state index contributed by atoms with van der Waals surface area (Å²) in [5.74, 6) is -1.12. The van der Waals surface area contributed by atoms with Crippen LogP contribution in [0.15, 0.2) is 70.1 Å². The number of piperidine rings is 2. The summed E-state index contributed by atoms with van der Waals surface area (Å²) < 4.78 is 25.3. The first-order valence-corrected chi connectivity index (χ1v) is 21.4. The zero-order valence-electron chi connectivity index (χ0n) is 29.4. The van der Waals surface area contributed by atoms with Gasteiger partial charge < -0.3 is 38.1 Å². The Morgan fingerprint density at radius 1 is 0.577 bits per heavy atom. The third-order valence-electron chi connectivity index (χ3n) is 12.7. The molecule has 2 N–H and O–H groups in total. The fraction of sp³-hybridized carbons (Fsp3) is 0.526. The summed E-state index contributed by atoms with van der Waals surface area (Å²) in [7, 11) is 8.99. The minimum Gasteiger partial charge on any atom is -0.459 e. The highest BCUT2D eigenvalue weighted by atomic mass is 32.1. The Balaban J connectivity index is 0.000000138. The Bertz CT molecular complexity index is 1660. The number of likely N-dealkylation sites (N-methyl/N-ethyl adjacent to an activating group) is 2. The van der Waals surface area contributed by atoms with Crippen LogP contribution in [0.3, 0.4) is 0 Å². The first-order chi connectivity index (χ1) is 24.8. The molecular weight excluding hydrogens is 741 g/mol. The van der Waals surface area contributed by atoms with Crippen LogP contribution in [0.1, 0.15) is 45.2 Å². The first kappa shape index (κ1) is 35.2. The van der Waals surface area contributed by atoms with Gasteiger partial charge in [0.15, 0.2) is 0 Å². The van der Waals surface area contributed by atoms with E-state index in [9.17, 15) is 19.8 Å².